The summed E-state index contributed by atoms with van der Waals surface area (Å²) in [6.07, 6.45) is 8.07. The highest BCUT2D eigenvalue weighted by Gasteiger charge is 2.23. The van der Waals surface area contributed by atoms with Crippen LogP contribution in [0.15, 0.2) is 42.6 Å². The topological polar surface area (TPSA) is 74.5 Å². The molecule has 0 unspecified atom stereocenters. The van der Waals surface area contributed by atoms with E-state index in [4.69, 9.17) is 5.11 Å². The summed E-state index contributed by atoms with van der Waals surface area (Å²) in [4.78, 5) is 16.1. The highest BCUT2D eigenvalue weighted by Crippen LogP contribution is 2.21. The molecule has 1 fully saturated rings. The van der Waals surface area contributed by atoms with E-state index in [9.17, 15) is 4.79 Å². The zero-order chi connectivity index (χ0) is 19.1. The summed E-state index contributed by atoms with van der Waals surface area (Å²) in [5.74, 6) is -0.209. The van der Waals surface area contributed by atoms with E-state index in [1.54, 1.807) is 13.2 Å². The quantitative estimate of drug-likeness (QED) is 0.804. The molecule has 1 saturated heterocycles. The van der Waals surface area contributed by atoms with Crippen LogP contribution in [0.2, 0.25) is 0 Å². The molecule has 1 amide bonds. The highest BCUT2D eigenvalue weighted by atomic mass is 16.3. The van der Waals surface area contributed by atoms with Crippen LogP contribution in [0.4, 0.5) is 0 Å². The van der Waals surface area contributed by atoms with Gasteiger partial charge in [-0.25, -0.2) is 4.68 Å². The van der Waals surface area contributed by atoms with E-state index < -0.39 is 0 Å². The van der Waals surface area contributed by atoms with Crippen molar-refractivity contribution in [2.24, 2.45) is 0 Å². The lowest BCUT2D eigenvalue weighted by molar-refractivity contribution is 0.0761. The van der Waals surface area contributed by atoms with Gasteiger partial charge in [-0.05, 0) is 18.4 Å². The largest absolute Gasteiger partial charge is 0.395 e. The Balaban J connectivity index is 1.48. The monoisotopic (exact) mass is 369 g/mol. The van der Waals surface area contributed by atoms with E-state index in [-0.39, 0.29) is 18.6 Å². The van der Waals surface area contributed by atoms with Gasteiger partial charge in [0.1, 0.15) is 0 Å². The number of nitrogens with zero attached hydrogens (tertiary/aromatic N) is 5. The molecule has 3 rings (SSSR count). The average molecular weight is 369 g/mol. The van der Waals surface area contributed by atoms with Crippen LogP contribution < -0.4 is 0 Å². The van der Waals surface area contributed by atoms with Crippen LogP contribution in [-0.2, 0) is 0 Å². The summed E-state index contributed by atoms with van der Waals surface area (Å²) in [7, 11) is 1.65. The molecule has 1 N–H and O–H groups in total. The molecule has 27 heavy (non-hydrogen) atoms. The van der Waals surface area contributed by atoms with Gasteiger partial charge in [0, 0.05) is 33.2 Å². The van der Waals surface area contributed by atoms with Crippen LogP contribution in [0.3, 0.4) is 0 Å². The van der Waals surface area contributed by atoms with E-state index >= 15 is 0 Å². The van der Waals surface area contributed by atoms with Crippen molar-refractivity contribution in [3.63, 3.8) is 0 Å². The first-order chi connectivity index (χ1) is 13.2. The number of amides is 1. The number of rotatable bonds is 7. The Morgan fingerprint density at radius 1 is 1.30 bits per heavy atom. The van der Waals surface area contributed by atoms with Crippen LogP contribution >= 0.6 is 0 Å². The van der Waals surface area contributed by atoms with Crippen LogP contribution in [0, 0.1) is 0 Å². The normalized spacial score (nSPS) is 16.1. The molecular weight excluding hydrogens is 342 g/mol. The molecule has 1 aromatic carbocycles. The van der Waals surface area contributed by atoms with E-state index in [0.29, 0.717) is 12.2 Å². The summed E-state index contributed by atoms with van der Waals surface area (Å²) in [6, 6.07) is 10.6. The summed E-state index contributed by atoms with van der Waals surface area (Å²) in [5.41, 5.74) is 1.55. The van der Waals surface area contributed by atoms with Gasteiger partial charge >= 0.3 is 0 Å². The fourth-order valence-corrected chi connectivity index (χ4v) is 3.27. The molecule has 2 aromatic rings. The second kappa shape index (κ2) is 9.43. The minimum absolute atomic E-state index is 0.0619. The standard InChI is InChI=1S/C20H27N5O2/c1-23(14-15-26)20(27)19-16-25(22-21-19)18-9-12-24(13-10-18)11-5-8-17-6-3-2-4-7-17/h2-8,16,18,26H,9-15H2,1H3. The molecule has 1 aliphatic heterocycles. The van der Waals surface area contributed by atoms with E-state index in [0.717, 1.165) is 32.5 Å². The first-order valence-electron chi connectivity index (χ1n) is 9.39. The average Bonchev–Trinajstić information content (AvgIpc) is 3.19. The Kier molecular flexibility index (Phi) is 6.73. The second-order valence-electron chi connectivity index (χ2n) is 6.88. The van der Waals surface area contributed by atoms with Crippen LogP contribution in [0.1, 0.15) is 34.9 Å². The predicted molar refractivity (Wildman–Crippen MR) is 104 cm³/mol. The molecule has 0 radical (unpaired) electrons. The molecule has 0 saturated carbocycles. The number of hydrogen-bond acceptors (Lipinski definition) is 5. The Labute approximate surface area is 159 Å². The summed E-state index contributed by atoms with van der Waals surface area (Å²) < 4.78 is 1.82. The molecular formula is C20H27N5O2. The molecule has 0 atom stereocenters. The first-order valence-corrected chi connectivity index (χ1v) is 9.39. The molecule has 1 aromatic heterocycles. The minimum Gasteiger partial charge on any atom is -0.395 e. The van der Waals surface area contributed by atoms with Crippen LogP contribution in [0.25, 0.3) is 6.08 Å². The maximum Gasteiger partial charge on any atom is 0.275 e. The Hall–Kier alpha value is -2.51. The summed E-state index contributed by atoms with van der Waals surface area (Å²) >= 11 is 0. The maximum absolute atomic E-state index is 12.2. The van der Waals surface area contributed by atoms with Crippen molar-refractivity contribution in [1.29, 1.82) is 0 Å². The van der Waals surface area contributed by atoms with Gasteiger partial charge in [0.15, 0.2) is 5.69 Å². The SMILES string of the molecule is CN(CCO)C(=O)c1cn(C2CCN(CC=Cc3ccccc3)CC2)nn1. The third-order valence-corrected chi connectivity index (χ3v) is 4.92. The molecule has 0 spiro atoms. The van der Waals surface area contributed by atoms with Crippen molar-refractivity contribution < 1.29 is 9.90 Å². The molecule has 0 bridgehead atoms. The van der Waals surface area contributed by atoms with Crippen molar-refractivity contribution >= 4 is 12.0 Å². The van der Waals surface area contributed by atoms with E-state index in [1.165, 1.54) is 10.5 Å². The second-order valence-corrected chi connectivity index (χ2v) is 6.88. The molecule has 2 heterocycles. The number of likely N-dealkylation sites (N-methyl/N-ethyl adjacent to an activating group) is 1. The zero-order valence-corrected chi connectivity index (χ0v) is 15.7. The lowest BCUT2D eigenvalue weighted by atomic mass is 10.1. The van der Waals surface area contributed by atoms with Crippen molar-refractivity contribution in [2.45, 2.75) is 18.9 Å². The number of carbonyl (C=O) groups is 1. The number of carbonyl (C=O) groups excluding carboxylic acids is 1. The number of likely N-dealkylation sites (tertiary alicyclic amines) is 1. The van der Waals surface area contributed by atoms with Crippen molar-refractivity contribution in [3.05, 3.63) is 53.9 Å². The Bertz CT molecular complexity index is 751. The fraction of sp³-hybridized carbons (Fsp3) is 0.450. The van der Waals surface area contributed by atoms with E-state index in [1.807, 2.05) is 22.9 Å². The van der Waals surface area contributed by atoms with Crippen molar-refractivity contribution in [3.8, 4) is 0 Å². The van der Waals surface area contributed by atoms with Gasteiger partial charge in [-0.1, -0.05) is 47.7 Å². The number of aromatic nitrogens is 3. The third kappa shape index (κ3) is 5.24. The van der Waals surface area contributed by atoms with E-state index in [2.05, 4.69) is 39.5 Å². The predicted octanol–water partition coefficient (Wildman–Crippen LogP) is 1.69. The van der Waals surface area contributed by atoms with Crippen LogP contribution in [-0.4, -0.2) is 75.6 Å². The highest BCUT2D eigenvalue weighted by molar-refractivity contribution is 5.91. The third-order valence-electron chi connectivity index (χ3n) is 4.92. The van der Waals surface area contributed by atoms with Gasteiger partial charge < -0.3 is 10.0 Å². The molecule has 1 aliphatic rings. The van der Waals surface area contributed by atoms with Crippen LogP contribution in [0.5, 0.6) is 0 Å². The lowest BCUT2D eigenvalue weighted by Crippen LogP contribution is -2.35. The van der Waals surface area contributed by atoms with Gasteiger partial charge in [-0.3, -0.25) is 9.69 Å². The summed E-state index contributed by atoms with van der Waals surface area (Å²) in [6.45, 7) is 3.16. The molecule has 7 heteroatoms. The maximum atomic E-state index is 12.2. The Morgan fingerprint density at radius 2 is 2.04 bits per heavy atom. The van der Waals surface area contributed by atoms with Gasteiger partial charge in [0.25, 0.3) is 5.91 Å². The fourth-order valence-electron chi connectivity index (χ4n) is 3.27. The van der Waals surface area contributed by atoms with Crippen molar-refractivity contribution in [2.75, 3.05) is 39.8 Å². The smallest absolute Gasteiger partial charge is 0.275 e. The van der Waals surface area contributed by atoms with Gasteiger partial charge in [0.2, 0.25) is 0 Å². The number of hydrogen-bond donors (Lipinski definition) is 1. The molecule has 7 nitrogen and oxygen atoms in total. The van der Waals surface area contributed by atoms with Gasteiger partial charge in [0.05, 0.1) is 18.8 Å². The number of aliphatic hydroxyl groups is 1. The van der Waals surface area contributed by atoms with Crippen molar-refractivity contribution in [1.82, 2.24) is 24.8 Å². The molecule has 144 valence electrons. The Morgan fingerprint density at radius 3 is 2.74 bits per heavy atom. The molecule has 0 aliphatic carbocycles. The van der Waals surface area contributed by atoms with Gasteiger partial charge in [-0.2, -0.15) is 0 Å². The minimum atomic E-state index is -0.209. The number of piperidine rings is 1. The number of aliphatic hydroxyl groups excluding tert-OH is 1. The zero-order valence-electron chi connectivity index (χ0n) is 15.7. The number of benzene rings is 1. The summed E-state index contributed by atoms with van der Waals surface area (Å²) in [5, 5.41) is 17.1. The van der Waals surface area contributed by atoms with Gasteiger partial charge in [-0.15, -0.1) is 5.10 Å². The lowest BCUT2D eigenvalue weighted by Gasteiger charge is -2.30. The first kappa shape index (κ1) is 19.3.